The number of aromatic amines is 1. The van der Waals surface area contributed by atoms with E-state index in [2.05, 4.69) is 15.5 Å². The zero-order valence-corrected chi connectivity index (χ0v) is 20.6. The SMILES string of the molecule is O=C(c1ccc2c(c1)CN(C(=O)c1cc3c(CC4CCCCC4)[nH]nc3cc1O)C2)N1CCNCC1. The summed E-state index contributed by atoms with van der Waals surface area (Å²) in [5, 5.41) is 22.4. The fourth-order valence-corrected chi connectivity index (χ4v) is 6.00. The van der Waals surface area contributed by atoms with Gasteiger partial charge in [-0.05, 0) is 41.7 Å². The molecule has 2 amide bonds. The van der Waals surface area contributed by atoms with E-state index >= 15 is 0 Å². The number of nitrogens with one attached hydrogen (secondary N) is 2. The Bertz CT molecular complexity index is 1300. The molecule has 1 saturated heterocycles. The lowest BCUT2D eigenvalue weighted by molar-refractivity contribution is 0.0734. The van der Waals surface area contributed by atoms with Gasteiger partial charge in [0.25, 0.3) is 11.8 Å². The Morgan fingerprint density at radius 1 is 0.944 bits per heavy atom. The third kappa shape index (κ3) is 4.34. The molecule has 0 atom stereocenters. The van der Waals surface area contributed by atoms with Gasteiger partial charge in [-0.2, -0.15) is 5.10 Å². The Morgan fingerprint density at radius 2 is 1.72 bits per heavy atom. The number of rotatable bonds is 4. The molecule has 3 N–H and O–H groups in total. The van der Waals surface area contributed by atoms with Crippen LogP contribution in [-0.4, -0.2) is 63.1 Å². The van der Waals surface area contributed by atoms with Crippen molar-refractivity contribution < 1.29 is 14.7 Å². The number of hydrogen-bond donors (Lipinski definition) is 3. The molecule has 8 heteroatoms. The normalized spacial score (nSPS) is 18.6. The van der Waals surface area contributed by atoms with Crippen molar-refractivity contribution in [3.63, 3.8) is 0 Å². The molecule has 2 fully saturated rings. The van der Waals surface area contributed by atoms with Gasteiger partial charge in [0.2, 0.25) is 0 Å². The molecule has 6 rings (SSSR count). The van der Waals surface area contributed by atoms with Gasteiger partial charge in [0.05, 0.1) is 11.1 Å². The first-order valence-corrected chi connectivity index (χ1v) is 13.2. The second kappa shape index (κ2) is 9.58. The maximum absolute atomic E-state index is 13.5. The molecular weight excluding hydrogens is 454 g/mol. The van der Waals surface area contributed by atoms with Crippen molar-refractivity contribution >= 4 is 22.7 Å². The summed E-state index contributed by atoms with van der Waals surface area (Å²) in [4.78, 5) is 30.1. The lowest BCUT2D eigenvalue weighted by Gasteiger charge is -2.27. The minimum absolute atomic E-state index is 0.0395. The fraction of sp³-hybridized carbons (Fsp3) is 0.464. The number of carbonyl (C=O) groups excluding carboxylic acids is 2. The highest BCUT2D eigenvalue weighted by molar-refractivity contribution is 6.01. The number of piperazine rings is 1. The second-order valence-electron chi connectivity index (χ2n) is 10.5. The van der Waals surface area contributed by atoms with Crippen LogP contribution in [0.1, 0.15) is 69.6 Å². The largest absolute Gasteiger partial charge is 0.507 e. The molecule has 3 heterocycles. The van der Waals surface area contributed by atoms with Gasteiger partial charge in [-0.3, -0.25) is 14.7 Å². The van der Waals surface area contributed by atoms with Crippen molar-refractivity contribution in [3.05, 3.63) is 58.3 Å². The maximum atomic E-state index is 13.5. The summed E-state index contributed by atoms with van der Waals surface area (Å²) in [6.07, 6.45) is 7.26. The Hall–Kier alpha value is -3.39. The third-order valence-electron chi connectivity index (χ3n) is 8.07. The van der Waals surface area contributed by atoms with Crippen molar-refractivity contribution in [2.75, 3.05) is 26.2 Å². The summed E-state index contributed by atoms with van der Waals surface area (Å²) in [7, 11) is 0. The molecule has 3 aromatic rings. The molecule has 3 aliphatic rings. The highest BCUT2D eigenvalue weighted by Gasteiger charge is 2.28. The molecule has 188 valence electrons. The Morgan fingerprint density at radius 3 is 2.53 bits per heavy atom. The quantitative estimate of drug-likeness (QED) is 0.522. The summed E-state index contributed by atoms with van der Waals surface area (Å²) in [5.41, 5.74) is 4.74. The minimum atomic E-state index is -0.203. The molecule has 0 bridgehead atoms. The van der Waals surface area contributed by atoms with Crippen LogP contribution in [0.15, 0.2) is 30.3 Å². The molecule has 2 aliphatic heterocycles. The average molecular weight is 488 g/mol. The highest BCUT2D eigenvalue weighted by Crippen LogP contribution is 2.33. The Balaban J connectivity index is 1.21. The monoisotopic (exact) mass is 487 g/mol. The highest BCUT2D eigenvalue weighted by atomic mass is 16.3. The van der Waals surface area contributed by atoms with Gasteiger partial charge in [0.1, 0.15) is 5.75 Å². The van der Waals surface area contributed by atoms with Gasteiger partial charge >= 0.3 is 0 Å². The second-order valence-corrected chi connectivity index (χ2v) is 10.5. The number of nitrogens with zero attached hydrogens (tertiary/aromatic N) is 3. The molecule has 36 heavy (non-hydrogen) atoms. The molecule has 0 unspecified atom stereocenters. The molecule has 0 spiro atoms. The van der Waals surface area contributed by atoms with Crippen LogP contribution in [0.25, 0.3) is 10.9 Å². The van der Waals surface area contributed by atoms with E-state index in [1.54, 1.807) is 17.0 Å². The van der Waals surface area contributed by atoms with Crippen LogP contribution in [0.5, 0.6) is 5.75 Å². The first kappa shape index (κ1) is 23.0. The Labute approximate surface area is 210 Å². The summed E-state index contributed by atoms with van der Waals surface area (Å²) in [6.45, 7) is 3.93. The van der Waals surface area contributed by atoms with E-state index in [0.717, 1.165) is 41.7 Å². The van der Waals surface area contributed by atoms with E-state index in [-0.39, 0.29) is 17.6 Å². The number of H-pyrrole nitrogens is 1. The van der Waals surface area contributed by atoms with Gasteiger partial charge in [-0.15, -0.1) is 0 Å². The smallest absolute Gasteiger partial charge is 0.258 e. The van der Waals surface area contributed by atoms with Gasteiger partial charge in [0.15, 0.2) is 0 Å². The summed E-state index contributed by atoms with van der Waals surface area (Å²) < 4.78 is 0. The predicted octanol–water partition coefficient (Wildman–Crippen LogP) is 3.59. The number of hydrogen-bond acceptors (Lipinski definition) is 5. The summed E-state index contributed by atoms with van der Waals surface area (Å²) >= 11 is 0. The molecular formula is C28H33N5O3. The van der Waals surface area contributed by atoms with E-state index in [0.29, 0.717) is 48.7 Å². The van der Waals surface area contributed by atoms with Crippen molar-refractivity contribution in [2.24, 2.45) is 5.92 Å². The lowest BCUT2D eigenvalue weighted by atomic mass is 9.85. The number of phenolic OH excluding ortho intramolecular Hbond substituents is 1. The number of phenols is 1. The van der Waals surface area contributed by atoms with Crippen molar-refractivity contribution in [1.82, 2.24) is 25.3 Å². The first-order chi connectivity index (χ1) is 17.6. The van der Waals surface area contributed by atoms with Gasteiger partial charge in [0, 0.05) is 62.0 Å². The third-order valence-corrected chi connectivity index (χ3v) is 8.07. The van der Waals surface area contributed by atoms with E-state index in [1.807, 2.05) is 23.1 Å². The standard InChI is InChI=1S/C28H33N5O3/c34-26-15-25-22(24(30-31-25)12-18-4-2-1-3-5-18)14-23(26)28(36)33-16-20-7-6-19(13-21(20)17-33)27(35)32-10-8-29-9-11-32/h6-7,13-15,18,29,34H,1-5,8-12,16-17H2,(H,30,31). The van der Waals surface area contributed by atoms with Gasteiger partial charge in [-0.1, -0.05) is 38.2 Å². The van der Waals surface area contributed by atoms with Gasteiger partial charge in [-0.25, -0.2) is 0 Å². The molecule has 2 aromatic carbocycles. The summed E-state index contributed by atoms with van der Waals surface area (Å²) in [6, 6.07) is 9.14. The molecule has 8 nitrogen and oxygen atoms in total. The maximum Gasteiger partial charge on any atom is 0.258 e. The molecule has 0 radical (unpaired) electrons. The average Bonchev–Trinajstić information content (AvgIpc) is 3.52. The van der Waals surface area contributed by atoms with E-state index in [1.165, 1.54) is 32.1 Å². The number of fused-ring (bicyclic) bond motifs is 2. The van der Waals surface area contributed by atoms with Crippen LogP contribution in [0, 0.1) is 5.92 Å². The van der Waals surface area contributed by atoms with E-state index in [9.17, 15) is 14.7 Å². The van der Waals surface area contributed by atoms with E-state index in [4.69, 9.17) is 0 Å². The number of aromatic nitrogens is 2. The topological polar surface area (TPSA) is 102 Å². The van der Waals surface area contributed by atoms with Crippen LogP contribution < -0.4 is 5.32 Å². The van der Waals surface area contributed by atoms with Crippen LogP contribution in [0.3, 0.4) is 0 Å². The lowest BCUT2D eigenvalue weighted by Crippen LogP contribution is -2.46. The first-order valence-electron chi connectivity index (χ1n) is 13.2. The molecule has 1 aromatic heterocycles. The number of benzene rings is 2. The van der Waals surface area contributed by atoms with Crippen LogP contribution >= 0.6 is 0 Å². The summed E-state index contributed by atoms with van der Waals surface area (Å²) in [5.74, 6) is 0.429. The Kier molecular flexibility index (Phi) is 6.13. The molecule has 1 aliphatic carbocycles. The fourth-order valence-electron chi connectivity index (χ4n) is 6.00. The zero-order valence-electron chi connectivity index (χ0n) is 20.6. The zero-order chi connectivity index (χ0) is 24.6. The van der Waals surface area contributed by atoms with Crippen LogP contribution in [0.2, 0.25) is 0 Å². The number of amides is 2. The van der Waals surface area contributed by atoms with Crippen molar-refractivity contribution in [2.45, 2.75) is 51.6 Å². The van der Waals surface area contributed by atoms with Crippen LogP contribution in [-0.2, 0) is 19.5 Å². The minimum Gasteiger partial charge on any atom is -0.507 e. The predicted molar refractivity (Wildman–Crippen MR) is 137 cm³/mol. The van der Waals surface area contributed by atoms with E-state index < -0.39 is 0 Å². The number of carbonyl (C=O) groups is 2. The van der Waals surface area contributed by atoms with Gasteiger partial charge < -0.3 is 20.2 Å². The number of aromatic hydroxyl groups is 1. The van der Waals surface area contributed by atoms with Crippen LogP contribution in [0.4, 0.5) is 0 Å². The van der Waals surface area contributed by atoms with Crippen molar-refractivity contribution in [3.8, 4) is 5.75 Å². The molecule has 1 saturated carbocycles. The van der Waals surface area contributed by atoms with Crippen molar-refractivity contribution in [1.29, 1.82) is 0 Å².